The smallest absolute Gasteiger partial charge is 0.350 e. The van der Waals surface area contributed by atoms with E-state index < -0.39 is 66.6 Å². The van der Waals surface area contributed by atoms with Crippen molar-refractivity contribution in [2.75, 3.05) is 0 Å². The molecule has 0 radical (unpaired) electrons. The molecule has 9 nitrogen and oxygen atoms in total. The summed E-state index contributed by atoms with van der Waals surface area (Å²) in [6.07, 6.45) is -6.04. The number of amides is 2. The van der Waals surface area contributed by atoms with E-state index in [-0.39, 0.29) is 44.3 Å². The SMILES string of the molecule is C[C@@H](NC(=O)CCC(F)(F)F)c1ccc2nc([C@@H](NC(=O)c3cnn(CC4CC4(F)F)n3)C3CCC(F)(F)CC3)[nH]c2c1. The Morgan fingerprint density at radius 1 is 1.14 bits per heavy atom. The van der Waals surface area contributed by atoms with Gasteiger partial charge in [-0.05, 0) is 43.4 Å². The van der Waals surface area contributed by atoms with Crippen molar-refractivity contribution in [3.05, 3.63) is 41.5 Å². The molecule has 3 atom stereocenters. The zero-order valence-electron chi connectivity index (χ0n) is 23.0. The van der Waals surface area contributed by atoms with E-state index in [1.54, 1.807) is 25.1 Å². The number of aromatic amines is 1. The Balaban J connectivity index is 1.33. The van der Waals surface area contributed by atoms with Gasteiger partial charge in [-0.1, -0.05) is 6.07 Å². The van der Waals surface area contributed by atoms with Crippen LogP contribution in [0.25, 0.3) is 11.0 Å². The average molecular weight is 618 g/mol. The van der Waals surface area contributed by atoms with E-state index in [2.05, 4.69) is 30.8 Å². The number of imidazole rings is 1. The molecule has 2 aliphatic carbocycles. The van der Waals surface area contributed by atoms with Crippen LogP contribution in [0.5, 0.6) is 0 Å². The number of halogens is 7. The molecule has 16 heteroatoms. The lowest BCUT2D eigenvalue weighted by molar-refractivity contribution is -0.144. The van der Waals surface area contributed by atoms with Gasteiger partial charge in [-0.25, -0.2) is 22.5 Å². The molecule has 43 heavy (non-hydrogen) atoms. The molecule has 2 fully saturated rings. The minimum Gasteiger partial charge on any atom is -0.350 e. The number of carbonyl (C=O) groups is 2. The molecule has 2 aromatic heterocycles. The molecule has 2 heterocycles. The van der Waals surface area contributed by atoms with Crippen LogP contribution in [-0.2, 0) is 11.3 Å². The lowest BCUT2D eigenvalue weighted by Gasteiger charge is -2.33. The molecule has 3 N–H and O–H groups in total. The van der Waals surface area contributed by atoms with Gasteiger partial charge in [0.05, 0.1) is 42.3 Å². The fraction of sp³-hybridized carbons (Fsp3) is 0.593. The molecule has 2 saturated carbocycles. The third-order valence-corrected chi connectivity index (χ3v) is 7.96. The number of nitrogens with one attached hydrogen (secondary N) is 3. The molecule has 0 spiro atoms. The van der Waals surface area contributed by atoms with Gasteiger partial charge in [-0.3, -0.25) is 9.59 Å². The van der Waals surface area contributed by atoms with Crippen LogP contribution in [0.4, 0.5) is 30.7 Å². The summed E-state index contributed by atoms with van der Waals surface area (Å²) in [6, 6.07) is 3.50. The number of benzene rings is 1. The standard InChI is InChI=1S/C27H30F7N7O2/c1-14(36-21(42)6-9-27(32,33)34)16-2-3-18-19(10-16)38-23(37-18)22(15-4-7-25(28,29)8-5-15)39-24(43)20-12-35-41(40-20)13-17-11-26(17,30)31/h2-3,10,12,14-15,17,22H,4-9,11,13H2,1H3,(H,36,42)(H,37,38)(H,39,43)/t14-,17?,22+/m1/s1. The highest BCUT2D eigenvalue weighted by atomic mass is 19.4. The number of carbonyl (C=O) groups excluding carboxylic acids is 2. The Kier molecular flexibility index (Phi) is 8.15. The number of H-pyrrole nitrogens is 1. The molecule has 1 unspecified atom stereocenters. The number of hydrogen-bond donors (Lipinski definition) is 3. The second-order valence-corrected chi connectivity index (χ2v) is 11.4. The fourth-order valence-electron chi connectivity index (χ4n) is 5.29. The predicted octanol–water partition coefficient (Wildman–Crippen LogP) is 5.63. The van der Waals surface area contributed by atoms with Gasteiger partial charge in [-0.2, -0.15) is 23.1 Å². The number of rotatable bonds is 10. The number of fused-ring (bicyclic) bond motifs is 1. The second-order valence-electron chi connectivity index (χ2n) is 11.4. The Bertz CT molecular complexity index is 1480. The third-order valence-electron chi connectivity index (χ3n) is 7.96. The van der Waals surface area contributed by atoms with Crippen LogP contribution in [0.3, 0.4) is 0 Å². The van der Waals surface area contributed by atoms with Crippen molar-refractivity contribution in [3.8, 4) is 0 Å². The van der Waals surface area contributed by atoms with Crippen LogP contribution in [0.2, 0.25) is 0 Å². The molecule has 0 aliphatic heterocycles. The van der Waals surface area contributed by atoms with E-state index in [0.29, 0.717) is 22.4 Å². The molecule has 0 saturated heterocycles. The Hall–Kier alpha value is -3.72. The average Bonchev–Trinajstić information content (AvgIpc) is 3.28. The maximum Gasteiger partial charge on any atom is 0.389 e. The number of alkyl halides is 7. The van der Waals surface area contributed by atoms with Gasteiger partial charge in [0, 0.05) is 31.6 Å². The molecular weight excluding hydrogens is 587 g/mol. The normalized spacial score (nSPS) is 21.3. The third kappa shape index (κ3) is 7.63. The van der Waals surface area contributed by atoms with Crippen molar-refractivity contribution in [2.45, 2.75) is 88.5 Å². The minimum absolute atomic E-state index is 0.102. The Morgan fingerprint density at radius 2 is 1.84 bits per heavy atom. The molecule has 0 bridgehead atoms. The maximum absolute atomic E-state index is 14.0. The summed E-state index contributed by atoms with van der Waals surface area (Å²) in [6.45, 7) is 1.47. The highest BCUT2D eigenvalue weighted by Gasteiger charge is 2.57. The summed E-state index contributed by atoms with van der Waals surface area (Å²) in [4.78, 5) is 33.8. The van der Waals surface area contributed by atoms with Crippen molar-refractivity contribution in [2.24, 2.45) is 11.8 Å². The van der Waals surface area contributed by atoms with Gasteiger partial charge in [-0.15, -0.1) is 5.10 Å². The van der Waals surface area contributed by atoms with E-state index in [1.165, 1.54) is 0 Å². The van der Waals surface area contributed by atoms with E-state index in [0.717, 1.165) is 11.0 Å². The highest BCUT2D eigenvalue weighted by Crippen LogP contribution is 2.49. The largest absolute Gasteiger partial charge is 0.389 e. The molecular formula is C27H30F7N7O2. The molecule has 1 aromatic carbocycles. The molecule has 2 aliphatic rings. The van der Waals surface area contributed by atoms with E-state index in [4.69, 9.17) is 0 Å². The maximum atomic E-state index is 14.0. The zero-order valence-corrected chi connectivity index (χ0v) is 23.0. The molecule has 234 valence electrons. The number of nitrogens with zero attached hydrogens (tertiary/aromatic N) is 4. The minimum atomic E-state index is -4.45. The first-order chi connectivity index (χ1) is 20.1. The lowest BCUT2D eigenvalue weighted by Crippen LogP contribution is -2.38. The van der Waals surface area contributed by atoms with Gasteiger partial charge in [0.15, 0.2) is 5.69 Å². The zero-order chi connectivity index (χ0) is 31.2. The quantitative estimate of drug-likeness (QED) is 0.255. The first-order valence-corrected chi connectivity index (χ1v) is 13.9. The molecule has 5 rings (SSSR count). The van der Waals surface area contributed by atoms with Crippen LogP contribution in [0, 0.1) is 11.8 Å². The van der Waals surface area contributed by atoms with Gasteiger partial charge in [0.2, 0.25) is 11.8 Å². The highest BCUT2D eigenvalue weighted by molar-refractivity contribution is 5.92. The van der Waals surface area contributed by atoms with Crippen molar-refractivity contribution in [1.82, 2.24) is 35.6 Å². The van der Waals surface area contributed by atoms with Crippen molar-refractivity contribution >= 4 is 22.8 Å². The summed E-state index contributed by atoms with van der Waals surface area (Å²) in [7, 11) is 0. The van der Waals surface area contributed by atoms with Crippen LogP contribution >= 0.6 is 0 Å². The summed E-state index contributed by atoms with van der Waals surface area (Å²) in [5.41, 5.74) is 1.44. The number of hydrogen-bond acceptors (Lipinski definition) is 5. The number of aromatic nitrogens is 5. The summed E-state index contributed by atoms with van der Waals surface area (Å²) in [5, 5.41) is 13.2. The summed E-state index contributed by atoms with van der Waals surface area (Å²) < 4.78 is 91.8. The van der Waals surface area contributed by atoms with Gasteiger partial charge >= 0.3 is 6.18 Å². The first-order valence-electron chi connectivity index (χ1n) is 13.9. The first kappa shape index (κ1) is 30.7. The van der Waals surface area contributed by atoms with Crippen LogP contribution < -0.4 is 10.6 Å². The van der Waals surface area contributed by atoms with Crippen molar-refractivity contribution in [1.29, 1.82) is 0 Å². The predicted molar refractivity (Wildman–Crippen MR) is 138 cm³/mol. The van der Waals surface area contributed by atoms with Crippen molar-refractivity contribution in [3.63, 3.8) is 0 Å². The Morgan fingerprint density at radius 3 is 2.49 bits per heavy atom. The van der Waals surface area contributed by atoms with Gasteiger partial charge in [0.25, 0.3) is 11.8 Å². The molecule has 3 aromatic rings. The van der Waals surface area contributed by atoms with Crippen LogP contribution in [0.1, 0.15) is 85.8 Å². The van der Waals surface area contributed by atoms with E-state index >= 15 is 0 Å². The van der Waals surface area contributed by atoms with E-state index in [1.807, 2.05) is 0 Å². The Labute approximate surface area is 241 Å². The second kappa shape index (κ2) is 11.4. The monoisotopic (exact) mass is 617 g/mol. The fourth-order valence-corrected chi connectivity index (χ4v) is 5.29. The van der Waals surface area contributed by atoms with Gasteiger partial charge in [0.1, 0.15) is 5.82 Å². The van der Waals surface area contributed by atoms with Crippen LogP contribution in [0.15, 0.2) is 24.4 Å². The lowest BCUT2D eigenvalue weighted by atomic mass is 9.81. The molecule has 2 amide bonds. The van der Waals surface area contributed by atoms with Gasteiger partial charge < -0.3 is 15.6 Å². The van der Waals surface area contributed by atoms with Crippen molar-refractivity contribution < 1.29 is 40.3 Å². The van der Waals surface area contributed by atoms with Crippen LogP contribution in [-0.4, -0.2) is 54.8 Å². The topological polar surface area (TPSA) is 118 Å². The summed E-state index contributed by atoms with van der Waals surface area (Å²) in [5.74, 6) is -8.03. The summed E-state index contributed by atoms with van der Waals surface area (Å²) >= 11 is 0. The van der Waals surface area contributed by atoms with E-state index in [9.17, 15) is 40.3 Å².